The molecule has 0 aliphatic carbocycles. The van der Waals surface area contributed by atoms with Gasteiger partial charge in [0.15, 0.2) is 0 Å². The van der Waals surface area contributed by atoms with E-state index in [9.17, 15) is 4.39 Å². The van der Waals surface area contributed by atoms with Crippen LogP contribution in [0.2, 0.25) is 0 Å². The minimum absolute atomic E-state index is 0.219. The Bertz CT molecular complexity index is 1100. The van der Waals surface area contributed by atoms with E-state index in [1.807, 2.05) is 6.07 Å². The van der Waals surface area contributed by atoms with E-state index in [-0.39, 0.29) is 11.9 Å². The van der Waals surface area contributed by atoms with Crippen molar-refractivity contribution in [2.75, 3.05) is 6.54 Å². The van der Waals surface area contributed by atoms with E-state index in [2.05, 4.69) is 39.7 Å². The zero-order valence-electron chi connectivity index (χ0n) is 14.6. The first-order chi connectivity index (χ1) is 12.7. The molecule has 3 aromatic heterocycles. The fourth-order valence-electron chi connectivity index (χ4n) is 3.92. The van der Waals surface area contributed by atoms with Crippen molar-refractivity contribution >= 4 is 16.7 Å². The highest BCUT2D eigenvalue weighted by molar-refractivity contribution is 5.75. The number of pyridine rings is 1. The third-order valence-corrected chi connectivity index (χ3v) is 5.16. The van der Waals surface area contributed by atoms with Crippen LogP contribution in [0.5, 0.6) is 0 Å². The van der Waals surface area contributed by atoms with Gasteiger partial charge in [0.25, 0.3) is 0 Å². The largest absolute Gasteiger partial charge is 0.341 e. The van der Waals surface area contributed by atoms with Crippen LogP contribution in [0.1, 0.15) is 36.0 Å². The van der Waals surface area contributed by atoms with E-state index in [1.165, 1.54) is 17.7 Å². The first-order valence-corrected chi connectivity index (χ1v) is 8.99. The van der Waals surface area contributed by atoms with E-state index in [1.54, 1.807) is 6.07 Å². The van der Waals surface area contributed by atoms with Gasteiger partial charge in [-0.3, -0.25) is 4.90 Å². The molecule has 0 saturated carbocycles. The van der Waals surface area contributed by atoms with Gasteiger partial charge in [-0.2, -0.15) is 0 Å². The molecule has 1 aliphatic heterocycles. The molecule has 1 unspecified atom stereocenters. The third kappa shape index (κ3) is 2.66. The fourth-order valence-corrected chi connectivity index (χ4v) is 3.92. The van der Waals surface area contributed by atoms with Crippen molar-refractivity contribution in [2.45, 2.75) is 32.4 Å². The van der Waals surface area contributed by atoms with Crippen molar-refractivity contribution in [3.05, 3.63) is 65.6 Å². The summed E-state index contributed by atoms with van der Waals surface area (Å²) in [6, 6.07) is 9.05. The van der Waals surface area contributed by atoms with Gasteiger partial charge in [-0.1, -0.05) is 6.07 Å². The van der Waals surface area contributed by atoms with Gasteiger partial charge < -0.3 is 9.38 Å². The molecular formula is C20H20FN5. The van der Waals surface area contributed by atoms with Gasteiger partial charge in [0.2, 0.25) is 0 Å². The SMILES string of the molecule is Cc1ccc2nc(CN3CCCC3c3nc4ccc(F)cc4[nH]3)cn2c1. The normalized spacial score (nSPS) is 18.3. The van der Waals surface area contributed by atoms with Gasteiger partial charge in [-0.05, 0) is 56.1 Å². The average molecular weight is 349 g/mol. The van der Waals surface area contributed by atoms with Gasteiger partial charge in [-0.25, -0.2) is 14.4 Å². The summed E-state index contributed by atoms with van der Waals surface area (Å²) in [5.41, 5.74) is 4.83. The van der Waals surface area contributed by atoms with Crippen molar-refractivity contribution in [1.82, 2.24) is 24.3 Å². The summed E-state index contributed by atoms with van der Waals surface area (Å²) in [5, 5.41) is 0. The lowest BCUT2D eigenvalue weighted by molar-refractivity contribution is 0.239. The number of nitrogens with zero attached hydrogens (tertiary/aromatic N) is 4. The van der Waals surface area contributed by atoms with E-state index in [0.29, 0.717) is 0 Å². The number of aromatic nitrogens is 4. The maximum atomic E-state index is 13.4. The summed E-state index contributed by atoms with van der Waals surface area (Å²) >= 11 is 0. The molecule has 1 aliphatic rings. The molecule has 5 rings (SSSR count). The second-order valence-corrected chi connectivity index (χ2v) is 7.12. The third-order valence-electron chi connectivity index (χ3n) is 5.16. The molecule has 5 nitrogen and oxygen atoms in total. The molecule has 0 radical (unpaired) electrons. The molecule has 1 atom stereocenters. The minimum atomic E-state index is -0.240. The van der Waals surface area contributed by atoms with Crippen molar-refractivity contribution in [3.63, 3.8) is 0 Å². The van der Waals surface area contributed by atoms with Gasteiger partial charge in [-0.15, -0.1) is 0 Å². The molecule has 0 bridgehead atoms. The van der Waals surface area contributed by atoms with E-state index in [0.717, 1.165) is 54.1 Å². The van der Waals surface area contributed by atoms with Crippen molar-refractivity contribution in [2.24, 2.45) is 0 Å². The summed E-state index contributed by atoms with van der Waals surface area (Å²) in [7, 11) is 0. The zero-order valence-corrected chi connectivity index (χ0v) is 14.6. The fraction of sp³-hybridized carbons (Fsp3) is 0.300. The Morgan fingerprint density at radius 1 is 1.19 bits per heavy atom. The maximum Gasteiger partial charge on any atom is 0.137 e. The number of benzene rings is 1. The van der Waals surface area contributed by atoms with Crippen LogP contribution in [0.4, 0.5) is 4.39 Å². The first-order valence-electron chi connectivity index (χ1n) is 8.99. The number of hydrogen-bond donors (Lipinski definition) is 1. The van der Waals surface area contributed by atoms with Gasteiger partial charge in [0.05, 0.1) is 22.8 Å². The number of nitrogens with one attached hydrogen (secondary N) is 1. The molecule has 26 heavy (non-hydrogen) atoms. The number of hydrogen-bond acceptors (Lipinski definition) is 3. The highest BCUT2D eigenvalue weighted by atomic mass is 19.1. The van der Waals surface area contributed by atoms with Crippen LogP contribution >= 0.6 is 0 Å². The standard InChI is InChI=1S/C20H20FN5/c1-13-4-7-19-22-15(12-26(19)10-13)11-25-8-2-3-18(25)20-23-16-6-5-14(21)9-17(16)24-20/h4-7,9-10,12,18H,2-3,8,11H2,1H3,(H,23,24). The minimum Gasteiger partial charge on any atom is -0.341 e. The Labute approximate surface area is 150 Å². The highest BCUT2D eigenvalue weighted by Crippen LogP contribution is 2.32. The van der Waals surface area contributed by atoms with Crippen LogP contribution in [-0.2, 0) is 6.54 Å². The summed E-state index contributed by atoms with van der Waals surface area (Å²) in [4.78, 5) is 15.1. The average Bonchev–Trinajstić information content (AvgIpc) is 3.31. The van der Waals surface area contributed by atoms with E-state index in [4.69, 9.17) is 9.97 Å². The Balaban J connectivity index is 1.43. The lowest BCUT2D eigenvalue weighted by atomic mass is 10.2. The number of halogens is 1. The van der Waals surface area contributed by atoms with Crippen molar-refractivity contribution < 1.29 is 4.39 Å². The van der Waals surface area contributed by atoms with Crippen LogP contribution < -0.4 is 0 Å². The Morgan fingerprint density at radius 3 is 3.04 bits per heavy atom. The number of aromatic amines is 1. The predicted octanol–water partition coefficient (Wildman–Crippen LogP) is 4.00. The number of rotatable bonds is 3. The zero-order chi connectivity index (χ0) is 17.7. The Hall–Kier alpha value is -2.73. The molecule has 0 amide bonds. The molecular weight excluding hydrogens is 329 g/mol. The molecule has 4 heterocycles. The number of imidazole rings is 2. The molecule has 1 aromatic carbocycles. The topological polar surface area (TPSA) is 49.2 Å². The van der Waals surface area contributed by atoms with E-state index < -0.39 is 0 Å². The summed E-state index contributed by atoms with van der Waals surface area (Å²) in [5.74, 6) is 0.679. The van der Waals surface area contributed by atoms with Crippen LogP contribution in [0.25, 0.3) is 16.7 Å². The van der Waals surface area contributed by atoms with Crippen LogP contribution in [0.15, 0.2) is 42.7 Å². The summed E-state index contributed by atoms with van der Waals surface area (Å²) in [6.07, 6.45) is 6.38. The van der Waals surface area contributed by atoms with E-state index >= 15 is 0 Å². The summed E-state index contributed by atoms with van der Waals surface area (Å²) in [6.45, 7) is 3.89. The monoisotopic (exact) mass is 349 g/mol. The van der Waals surface area contributed by atoms with Crippen LogP contribution in [-0.4, -0.2) is 30.8 Å². The highest BCUT2D eigenvalue weighted by Gasteiger charge is 2.29. The van der Waals surface area contributed by atoms with Gasteiger partial charge in [0, 0.05) is 18.9 Å². The second kappa shape index (κ2) is 5.92. The second-order valence-electron chi connectivity index (χ2n) is 7.12. The number of likely N-dealkylation sites (tertiary alicyclic amines) is 1. The predicted molar refractivity (Wildman–Crippen MR) is 98.4 cm³/mol. The molecule has 132 valence electrons. The molecule has 0 spiro atoms. The number of fused-ring (bicyclic) bond motifs is 2. The Kier molecular flexibility index (Phi) is 3.53. The van der Waals surface area contributed by atoms with Crippen molar-refractivity contribution in [3.8, 4) is 0 Å². The lowest BCUT2D eigenvalue weighted by Crippen LogP contribution is -2.23. The van der Waals surface area contributed by atoms with Crippen LogP contribution in [0.3, 0.4) is 0 Å². The lowest BCUT2D eigenvalue weighted by Gasteiger charge is -2.21. The van der Waals surface area contributed by atoms with Gasteiger partial charge >= 0.3 is 0 Å². The van der Waals surface area contributed by atoms with Gasteiger partial charge in [0.1, 0.15) is 17.3 Å². The molecule has 1 N–H and O–H groups in total. The molecule has 6 heteroatoms. The van der Waals surface area contributed by atoms with Crippen molar-refractivity contribution in [1.29, 1.82) is 0 Å². The molecule has 4 aromatic rings. The Morgan fingerprint density at radius 2 is 2.12 bits per heavy atom. The number of H-pyrrole nitrogens is 1. The molecule has 1 fully saturated rings. The smallest absolute Gasteiger partial charge is 0.137 e. The first kappa shape index (κ1) is 15.5. The number of aryl methyl sites for hydroxylation is 1. The summed E-state index contributed by atoms with van der Waals surface area (Å²) < 4.78 is 15.5. The maximum absolute atomic E-state index is 13.4. The molecule has 1 saturated heterocycles. The quantitative estimate of drug-likeness (QED) is 0.608. The van der Waals surface area contributed by atoms with Crippen LogP contribution in [0, 0.1) is 12.7 Å².